The van der Waals surface area contributed by atoms with Gasteiger partial charge in [-0.15, -0.1) is 11.3 Å². The molecule has 0 spiro atoms. The molecule has 106 valence electrons. The van der Waals surface area contributed by atoms with E-state index in [1.165, 1.54) is 29.2 Å². The van der Waals surface area contributed by atoms with E-state index in [4.69, 9.17) is 5.84 Å². The van der Waals surface area contributed by atoms with Gasteiger partial charge in [0.05, 0.1) is 4.88 Å². The molecule has 0 aromatic carbocycles. The van der Waals surface area contributed by atoms with E-state index in [2.05, 4.69) is 15.4 Å². The molecule has 0 aliphatic rings. The van der Waals surface area contributed by atoms with Crippen molar-refractivity contribution >= 4 is 29.0 Å². The van der Waals surface area contributed by atoms with Gasteiger partial charge in [0.15, 0.2) is 5.16 Å². The summed E-state index contributed by atoms with van der Waals surface area (Å²) in [5, 5.41) is 0.574. The normalized spacial score (nSPS) is 10.6. The van der Waals surface area contributed by atoms with Crippen molar-refractivity contribution in [3.8, 4) is 0 Å². The third-order valence-electron chi connectivity index (χ3n) is 2.59. The standard InChI is InChI=1S/C12H14N4O2S2/c1-6-3-10(17)15-12(14-6)19-5-8-4-9(11(18)16-13)20-7(8)2/h3-4H,5,13H2,1-2H3,(H,16,18)(H,14,15,17). The lowest BCUT2D eigenvalue weighted by molar-refractivity contribution is 0.0957. The van der Waals surface area contributed by atoms with E-state index in [9.17, 15) is 9.59 Å². The van der Waals surface area contributed by atoms with Crippen molar-refractivity contribution in [3.63, 3.8) is 0 Å². The maximum Gasteiger partial charge on any atom is 0.275 e. The Hall–Kier alpha value is -1.64. The van der Waals surface area contributed by atoms with Gasteiger partial charge in [-0.2, -0.15) is 0 Å². The fraction of sp³-hybridized carbons (Fsp3) is 0.250. The van der Waals surface area contributed by atoms with Gasteiger partial charge in [0.1, 0.15) is 0 Å². The fourth-order valence-electron chi connectivity index (χ4n) is 1.61. The third kappa shape index (κ3) is 3.47. The van der Waals surface area contributed by atoms with Gasteiger partial charge in [-0.3, -0.25) is 15.0 Å². The van der Waals surface area contributed by atoms with Crippen LogP contribution in [-0.2, 0) is 5.75 Å². The zero-order valence-corrected chi connectivity index (χ0v) is 12.7. The van der Waals surface area contributed by atoms with Gasteiger partial charge in [0, 0.05) is 22.4 Å². The number of aromatic nitrogens is 2. The van der Waals surface area contributed by atoms with Gasteiger partial charge in [-0.05, 0) is 25.5 Å². The number of nitrogen functional groups attached to an aromatic ring is 1. The number of hydrazine groups is 1. The lowest BCUT2D eigenvalue weighted by Gasteiger charge is -2.01. The van der Waals surface area contributed by atoms with Crippen LogP contribution in [0.15, 0.2) is 22.1 Å². The minimum Gasteiger partial charge on any atom is -0.301 e. The molecule has 0 atom stereocenters. The molecular weight excluding hydrogens is 296 g/mol. The average Bonchev–Trinajstić information content (AvgIpc) is 2.76. The second-order valence-electron chi connectivity index (χ2n) is 4.15. The van der Waals surface area contributed by atoms with Crippen LogP contribution in [0.25, 0.3) is 0 Å². The van der Waals surface area contributed by atoms with Crippen molar-refractivity contribution in [2.24, 2.45) is 5.84 Å². The Labute approximate surface area is 123 Å². The first-order valence-electron chi connectivity index (χ1n) is 5.80. The molecular formula is C12H14N4O2S2. The third-order valence-corrected chi connectivity index (χ3v) is 4.60. The number of rotatable bonds is 4. The van der Waals surface area contributed by atoms with Crippen LogP contribution in [0.3, 0.4) is 0 Å². The summed E-state index contributed by atoms with van der Waals surface area (Å²) < 4.78 is 0. The zero-order valence-electron chi connectivity index (χ0n) is 11.0. The van der Waals surface area contributed by atoms with E-state index in [1.807, 2.05) is 13.0 Å². The molecule has 0 unspecified atom stereocenters. The van der Waals surface area contributed by atoms with Crippen molar-refractivity contribution in [1.82, 2.24) is 15.4 Å². The van der Waals surface area contributed by atoms with Crippen LogP contribution >= 0.6 is 23.1 Å². The predicted octanol–water partition coefficient (Wildman–Crippen LogP) is 1.34. The van der Waals surface area contributed by atoms with E-state index in [0.29, 0.717) is 21.5 Å². The molecule has 2 rings (SSSR count). The SMILES string of the molecule is Cc1cc(=O)[nH]c(SCc2cc(C(=O)NN)sc2C)n1. The molecule has 0 saturated carbocycles. The average molecular weight is 310 g/mol. The highest BCUT2D eigenvalue weighted by molar-refractivity contribution is 7.98. The Morgan fingerprint density at radius 1 is 1.50 bits per heavy atom. The van der Waals surface area contributed by atoms with E-state index >= 15 is 0 Å². The molecule has 6 nitrogen and oxygen atoms in total. The number of amides is 1. The second kappa shape index (κ2) is 6.21. The Kier molecular flexibility index (Phi) is 4.58. The van der Waals surface area contributed by atoms with Crippen LogP contribution in [0.2, 0.25) is 0 Å². The number of nitrogens with two attached hydrogens (primary N) is 1. The topological polar surface area (TPSA) is 101 Å². The summed E-state index contributed by atoms with van der Waals surface area (Å²) in [5.41, 5.74) is 3.67. The number of hydrogen-bond acceptors (Lipinski definition) is 6. The molecule has 2 aromatic heterocycles. The molecule has 0 radical (unpaired) electrons. The van der Waals surface area contributed by atoms with E-state index in [1.54, 1.807) is 6.92 Å². The number of nitrogens with zero attached hydrogens (tertiary/aromatic N) is 1. The van der Waals surface area contributed by atoms with Crippen LogP contribution in [0.5, 0.6) is 0 Å². The van der Waals surface area contributed by atoms with Gasteiger partial charge in [-0.25, -0.2) is 10.8 Å². The first-order valence-corrected chi connectivity index (χ1v) is 7.61. The maximum absolute atomic E-state index is 11.5. The summed E-state index contributed by atoms with van der Waals surface area (Å²) in [7, 11) is 0. The number of carbonyl (C=O) groups excluding carboxylic acids is 1. The fourth-order valence-corrected chi connectivity index (χ4v) is 3.62. The van der Waals surface area contributed by atoms with Gasteiger partial charge < -0.3 is 4.98 Å². The van der Waals surface area contributed by atoms with E-state index < -0.39 is 0 Å². The molecule has 0 bridgehead atoms. The number of H-pyrrole nitrogens is 1. The Balaban J connectivity index is 2.12. The highest BCUT2D eigenvalue weighted by Gasteiger charge is 2.12. The van der Waals surface area contributed by atoms with Gasteiger partial charge in [-0.1, -0.05) is 11.8 Å². The molecule has 4 N–H and O–H groups in total. The second-order valence-corrected chi connectivity index (χ2v) is 6.37. The molecule has 0 aliphatic carbocycles. The summed E-state index contributed by atoms with van der Waals surface area (Å²) >= 11 is 2.82. The van der Waals surface area contributed by atoms with Crippen LogP contribution in [-0.4, -0.2) is 15.9 Å². The van der Waals surface area contributed by atoms with Crippen LogP contribution in [0.1, 0.15) is 25.8 Å². The number of thiophene rings is 1. The number of aryl methyl sites for hydroxylation is 2. The Morgan fingerprint density at radius 2 is 2.25 bits per heavy atom. The number of hydrogen-bond donors (Lipinski definition) is 3. The van der Waals surface area contributed by atoms with Crippen molar-refractivity contribution in [3.05, 3.63) is 43.5 Å². The molecule has 20 heavy (non-hydrogen) atoms. The molecule has 0 fully saturated rings. The minimum absolute atomic E-state index is 0.162. The van der Waals surface area contributed by atoms with Crippen molar-refractivity contribution in [2.75, 3.05) is 0 Å². The molecule has 2 heterocycles. The Bertz CT molecular complexity index is 693. The minimum atomic E-state index is -0.295. The molecule has 8 heteroatoms. The van der Waals surface area contributed by atoms with Crippen LogP contribution < -0.4 is 16.8 Å². The van der Waals surface area contributed by atoms with Crippen molar-refractivity contribution < 1.29 is 4.79 Å². The maximum atomic E-state index is 11.5. The quantitative estimate of drug-likeness (QED) is 0.260. The molecule has 1 amide bonds. The first kappa shape index (κ1) is 14.8. The molecule has 0 aliphatic heterocycles. The monoisotopic (exact) mass is 310 g/mol. The number of thioether (sulfide) groups is 1. The summed E-state index contributed by atoms with van der Waals surface area (Å²) in [6, 6.07) is 3.26. The van der Waals surface area contributed by atoms with Gasteiger partial charge >= 0.3 is 0 Å². The van der Waals surface area contributed by atoms with Gasteiger partial charge in [0.25, 0.3) is 11.5 Å². The van der Waals surface area contributed by atoms with Crippen LogP contribution in [0.4, 0.5) is 0 Å². The highest BCUT2D eigenvalue weighted by Crippen LogP contribution is 2.27. The first-order chi connectivity index (χ1) is 9.49. The van der Waals surface area contributed by atoms with Crippen molar-refractivity contribution in [1.29, 1.82) is 0 Å². The lowest BCUT2D eigenvalue weighted by atomic mass is 10.3. The largest absolute Gasteiger partial charge is 0.301 e. The predicted molar refractivity (Wildman–Crippen MR) is 79.9 cm³/mol. The molecule has 2 aromatic rings. The summed E-state index contributed by atoms with van der Waals surface area (Å²) in [5.74, 6) is 5.45. The van der Waals surface area contributed by atoms with E-state index in [0.717, 1.165) is 10.4 Å². The number of aromatic amines is 1. The summed E-state index contributed by atoms with van der Waals surface area (Å²) in [4.78, 5) is 31.3. The van der Waals surface area contributed by atoms with Gasteiger partial charge in [0.2, 0.25) is 0 Å². The summed E-state index contributed by atoms with van der Waals surface area (Å²) in [6.45, 7) is 3.72. The lowest BCUT2D eigenvalue weighted by Crippen LogP contribution is -2.29. The van der Waals surface area contributed by atoms with Crippen LogP contribution in [0, 0.1) is 13.8 Å². The smallest absolute Gasteiger partial charge is 0.275 e. The highest BCUT2D eigenvalue weighted by atomic mass is 32.2. The Morgan fingerprint density at radius 3 is 2.90 bits per heavy atom. The zero-order chi connectivity index (χ0) is 14.7. The molecule has 0 saturated heterocycles. The van der Waals surface area contributed by atoms with Crippen molar-refractivity contribution in [2.45, 2.75) is 24.8 Å². The number of carbonyl (C=O) groups is 1. The van der Waals surface area contributed by atoms with E-state index in [-0.39, 0.29) is 11.5 Å². The number of nitrogens with one attached hydrogen (secondary N) is 2. The summed E-state index contributed by atoms with van der Waals surface area (Å²) in [6.07, 6.45) is 0.